The van der Waals surface area contributed by atoms with Gasteiger partial charge in [0.25, 0.3) is 0 Å². The number of aromatic nitrogens is 4. The minimum atomic E-state index is -0.616. The minimum Gasteiger partial charge on any atom is -0.497 e. The van der Waals surface area contributed by atoms with Gasteiger partial charge in [0.2, 0.25) is 11.8 Å². The van der Waals surface area contributed by atoms with Crippen molar-refractivity contribution in [2.24, 2.45) is 0 Å². The van der Waals surface area contributed by atoms with Crippen molar-refractivity contribution in [2.75, 3.05) is 25.1 Å². The highest BCUT2D eigenvalue weighted by Gasteiger charge is 2.35. The largest absolute Gasteiger partial charge is 0.497 e. The van der Waals surface area contributed by atoms with Crippen molar-refractivity contribution in [1.82, 2.24) is 24.8 Å². The van der Waals surface area contributed by atoms with E-state index in [1.807, 2.05) is 34.6 Å². The van der Waals surface area contributed by atoms with Crippen LogP contribution in [0.5, 0.6) is 17.4 Å². The fourth-order valence-electron chi connectivity index (χ4n) is 4.12. The molecule has 2 amide bonds. The molecule has 0 spiro atoms. The Bertz CT molecular complexity index is 1260. The number of rotatable bonds is 7. The first-order chi connectivity index (χ1) is 19.1. The fourth-order valence-corrected chi connectivity index (χ4v) is 4.12. The molecule has 0 saturated carbocycles. The van der Waals surface area contributed by atoms with Crippen LogP contribution >= 0.6 is 0 Å². The van der Waals surface area contributed by atoms with E-state index in [1.54, 1.807) is 54.9 Å². The molecule has 0 N–H and O–H groups in total. The maximum Gasteiger partial charge on any atom is 0.410 e. The average Bonchev–Trinajstić information content (AvgIpc) is 3.41. The Hall–Kier alpha value is -4.28. The normalized spacial score (nSPS) is 14.6. The molecule has 4 rings (SSSR count). The number of likely N-dealkylation sites (tertiary alicyclic amines) is 1. The van der Waals surface area contributed by atoms with Gasteiger partial charge in [-0.3, -0.25) is 4.79 Å². The summed E-state index contributed by atoms with van der Waals surface area (Å²) in [6, 6.07) is 6.79. The van der Waals surface area contributed by atoms with Crippen molar-refractivity contribution in [3.63, 3.8) is 0 Å². The molecule has 3 aromatic rings. The number of hydrogen-bond donors (Lipinski definition) is 0. The zero-order valence-electron chi connectivity index (χ0n) is 24.2. The highest BCUT2D eigenvalue weighted by Crippen LogP contribution is 2.34. The molecule has 1 aliphatic heterocycles. The molecule has 11 nitrogen and oxygen atoms in total. The number of hydrogen-bond acceptors (Lipinski definition) is 9. The Kier molecular flexibility index (Phi) is 10.4. The van der Waals surface area contributed by atoms with Crippen LogP contribution in [0, 0.1) is 0 Å². The van der Waals surface area contributed by atoms with Gasteiger partial charge in [-0.05, 0) is 57.9 Å². The number of carbonyl (C=O) groups is 2. The van der Waals surface area contributed by atoms with Gasteiger partial charge in [-0.25, -0.2) is 19.7 Å². The smallest absolute Gasteiger partial charge is 0.410 e. The Balaban J connectivity index is 0.00000216. The van der Waals surface area contributed by atoms with Crippen LogP contribution < -0.4 is 14.4 Å². The Morgan fingerprint density at radius 1 is 1.05 bits per heavy atom. The molecule has 1 fully saturated rings. The number of anilines is 1. The molecule has 1 aromatic carbocycles. The van der Waals surface area contributed by atoms with Crippen molar-refractivity contribution in [1.29, 1.82) is 0 Å². The van der Waals surface area contributed by atoms with Crippen molar-refractivity contribution in [3.8, 4) is 28.8 Å². The van der Waals surface area contributed by atoms with Crippen LogP contribution in [0.3, 0.4) is 0 Å². The molecular weight excluding hydrogens is 512 g/mol. The lowest BCUT2D eigenvalue weighted by Crippen LogP contribution is -2.46. The van der Waals surface area contributed by atoms with E-state index in [0.717, 1.165) is 12.8 Å². The molecular formula is C29H38N6O5. The van der Waals surface area contributed by atoms with Crippen LogP contribution in [0.4, 0.5) is 10.5 Å². The maximum atomic E-state index is 12.9. The molecule has 1 aliphatic rings. The molecule has 0 aliphatic carbocycles. The van der Waals surface area contributed by atoms with Gasteiger partial charge in [0.05, 0.1) is 24.9 Å². The van der Waals surface area contributed by atoms with Crippen molar-refractivity contribution in [2.45, 2.75) is 66.0 Å². The number of ether oxygens (including phenoxy) is 3. The van der Waals surface area contributed by atoms with Crippen molar-refractivity contribution in [3.05, 3.63) is 49.2 Å². The van der Waals surface area contributed by atoms with Crippen LogP contribution in [-0.4, -0.2) is 68.7 Å². The molecule has 3 heterocycles. The lowest BCUT2D eigenvalue weighted by Gasteiger charge is -2.32. The molecule has 2 aromatic heterocycles. The average molecular weight is 551 g/mol. The summed E-state index contributed by atoms with van der Waals surface area (Å²) in [6.07, 6.45) is 7.31. The molecule has 214 valence electrons. The fraction of sp³-hybridized carbons (Fsp3) is 0.448. The first-order valence-corrected chi connectivity index (χ1v) is 13.4. The van der Waals surface area contributed by atoms with E-state index in [4.69, 9.17) is 14.2 Å². The van der Waals surface area contributed by atoms with E-state index in [-0.39, 0.29) is 24.4 Å². The molecule has 1 saturated heterocycles. The van der Waals surface area contributed by atoms with E-state index in [2.05, 4.69) is 19.9 Å². The predicted octanol–water partition coefficient (Wildman–Crippen LogP) is 5.51. The number of nitrogens with zero attached hydrogens (tertiary/aromatic N) is 6. The zero-order chi connectivity index (χ0) is 29.3. The summed E-state index contributed by atoms with van der Waals surface area (Å²) in [7, 11) is 1.58. The Morgan fingerprint density at radius 2 is 1.70 bits per heavy atom. The number of amides is 2. The van der Waals surface area contributed by atoms with Crippen LogP contribution in [-0.2, 0) is 9.53 Å². The summed E-state index contributed by atoms with van der Waals surface area (Å²) in [4.78, 5) is 46.2. The summed E-state index contributed by atoms with van der Waals surface area (Å²) >= 11 is 0. The first-order valence-electron chi connectivity index (χ1n) is 13.4. The third-order valence-electron chi connectivity index (χ3n) is 5.90. The molecule has 0 bridgehead atoms. The van der Waals surface area contributed by atoms with Crippen LogP contribution in [0.1, 0.15) is 54.4 Å². The summed E-state index contributed by atoms with van der Waals surface area (Å²) in [6.45, 7) is 11.8. The van der Waals surface area contributed by atoms with Crippen LogP contribution in [0.15, 0.2) is 49.2 Å². The van der Waals surface area contributed by atoms with E-state index >= 15 is 0 Å². The van der Waals surface area contributed by atoms with E-state index in [0.29, 0.717) is 35.1 Å². The van der Waals surface area contributed by atoms with Crippen LogP contribution in [0.25, 0.3) is 11.4 Å². The van der Waals surface area contributed by atoms with Gasteiger partial charge in [-0.1, -0.05) is 13.8 Å². The third-order valence-corrected chi connectivity index (χ3v) is 5.90. The summed E-state index contributed by atoms with van der Waals surface area (Å²) < 4.78 is 17.0. The number of benzene rings is 1. The second-order valence-corrected chi connectivity index (χ2v) is 9.89. The Morgan fingerprint density at radius 3 is 2.30 bits per heavy atom. The molecule has 0 radical (unpaired) electrons. The zero-order valence-corrected chi connectivity index (χ0v) is 24.2. The Labute approximate surface area is 235 Å². The SMILES string of the molecule is CC.COc1ccc(Oc2nc(-c3cncnc3)ncc2N(CC2CCCN2C(=O)OC(C)(C)C)C(C)=O)cc1. The lowest BCUT2D eigenvalue weighted by atomic mass is 10.2. The van der Waals surface area contributed by atoms with Gasteiger partial charge in [-0.2, -0.15) is 4.98 Å². The highest BCUT2D eigenvalue weighted by molar-refractivity contribution is 5.93. The highest BCUT2D eigenvalue weighted by atomic mass is 16.6. The van der Waals surface area contributed by atoms with Crippen molar-refractivity contribution < 1.29 is 23.8 Å². The van der Waals surface area contributed by atoms with E-state index < -0.39 is 11.7 Å². The summed E-state index contributed by atoms with van der Waals surface area (Å²) in [5.74, 6) is 1.47. The van der Waals surface area contributed by atoms with Gasteiger partial charge >= 0.3 is 6.09 Å². The summed E-state index contributed by atoms with van der Waals surface area (Å²) in [5.41, 5.74) is 0.360. The van der Waals surface area contributed by atoms with Gasteiger partial charge in [-0.15, -0.1) is 0 Å². The van der Waals surface area contributed by atoms with E-state index in [1.165, 1.54) is 18.2 Å². The first kappa shape index (κ1) is 30.3. The van der Waals surface area contributed by atoms with Gasteiger partial charge in [0, 0.05) is 32.4 Å². The maximum absolute atomic E-state index is 12.9. The van der Waals surface area contributed by atoms with E-state index in [9.17, 15) is 9.59 Å². The number of methoxy groups -OCH3 is 1. The molecule has 1 unspecified atom stereocenters. The van der Waals surface area contributed by atoms with Gasteiger partial charge in [0.1, 0.15) is 29.1 Å². The quantitative estimate of drug-likeness (QED) is 0.375. The molecule has 40 heavy (non-hydrogen) atoms. The topological polar surface area (TPSA) is 120 Å². The number of carbonyl (C=O) groups excluding carboxylic acids is 2. The predicted molar refractivity (Wildman–Crippen MR) is 151 cm³/mol. The second kappa shape index (κ2) is 13.7. The van der Waals surface area contributed by atoms with Crippen LogP contribution in [0.2, 0.25) is 0 Å². The summed E-state index contributed by atoms with van der Waals surface area (Å²) in [5, 5.41) is 0. The minimum absolute atomic E-state index is 0.182. The lowest BCUT2D eigenvalue weighted by molar-refractivity contribution is -0.116. The molecule has 11 heteroatoms. The second-order valence-electron chi connectivity index (χ2n) is 9.89. The molecule has 1 atom stereocenters. The third kappa shape index (κ3) is 7.87. The van der Waals surface area contributed by atoms with Gasteiger partial charge in [0.15, 0.2) is 5.82 Å². The van der Waals surface area contributed by atoms with Gasteiger partial charge < -0.3 is 24.0 Å². The van der Waals surface area contributed by atoms with Crippen molar-refractivity contribution >= 4 is 17.7 Å². The monoisotopic (exact) mass is 550 g/mol. The standard InChI is InChI=1S/C27H32N6O5.C2H6/c1-18(34)33(16-20-7-6-12-32(20)26(35)38-27(2,3)4)23-15-30-24(19-13-28-17-29-14-19)31-25(23)37-22-10-8-21(36-5)9-11-22;1-2/h8-11,13-15,17,20H,6-7,12,16H2,1-5H3;1-2H3.